The zero-order valence-corrected chi connectivity index (χ0v) is 17.1. The van der Waals surface area contributed by atoms with Gasteiger partial charge in [-0.3, -0.25) is 9.59 Å². The largest absolute Gasteiger partial charge is 0.459 e. The molecule has 4 rings (SSSR count). The summed E-state index contributed by atoms with van der Waals surface area (Å²) in [5, 5.41) is 7.56. The van der Waals surface area contributed by atoms with Crippen LogP contribution in [0.25, 0.3) is 10.8 Å². The predicted octanol–water partition coefficient (Wildman–Crippen LogP) is 6.01. The molecule has 0 spiro atoms. The van der Waals surface area contributed by atoms with E-state index in [1.165, 1.54) is 6.26 Å². The van der Waals surface area contributed by atoms with Gasteiger partial charge in [-0.05, 0) is 59.7 Å². The fourth-order valence-corrected chi connectivity index (χ4v) is 3.59. The molecule has 29 heavy (non-hydrogen) atoms. The van der Waals surface area contributed by atoms with E-state index in [-0.39, 0.29) is 17.6 Å². The summed E-state index contributed by atoms with van der Waals surface area (Å²) in [6.45, 7) is 1.90. The highest BCUT2D eigenvalue weighted by molar-refractivity contribution is 9.10. The van der Waals surface area contributed by atoms with Crippen LogP contribution in [0.4, 0.5) is 11.4 Å². The minimum absolute atomic E-state index is 0.216. The Bertz CT molecular complexity index is 1220. The van der Waals surface area contributed by atoms with Crippen molar-refractivity contribution in [2.45, 2.75) is 6.92 Å². The van der Waals surface area contributed by atoms with Crippen LogP contribution in [-0.4, -0.2) is 11.8 Å². The fraction of sp³-hybridized carbons (Fsp3) is 0.0435. The Labute approximate surface area is 175 Å². The molecule has 0 bridgehead atoms. The molecule has 0 fully saturated rings. The van der Waals surface area contributed by atoms with Crippen molar-refractivity contribution in [2.24, 2.45) is 0 Å². The van der Waals surface area contributed by atoms with Crippen molar-refractivity contribution >= 4 is 49.9 Å². The van der Waals surface area contributed by atoms with Crippen LogP contribution in [0.2, 0.25) is 0 Å². The summed E-state index contributed by atoms with van der Waals surface area (Å²) in [6, 6.07) is 20.0. The van der Waals surface area contributed by atoms with Crippen molar-refractivity contribution in [1.82, 2.24) is 0 Å². The number of aryl methyl sites for hydroxylation is 1. The summed E-state index contributed by atoms with van der Waals surface area (Å²) in [5.74, 6) is -0.348. The van der Waals surface area contributed by atoms with Crippen LogP contribution in [0.3, 0.4) is 0 Å². The average Bonchev–Trinajstić information content (AvgIpc) is 3.25. The molecule has 144 valence electrons. The van der Waals surface area contributed by atoms with E-state index in [1.54, 1.807) is 30.3 Å². The smallest absolute Gasteiger partial charge is 0.291 e. The van der Waals surface area contributed by atoms with Gasteiger partial charge in [0.05, 0.1) is 6.26 Å². The second-order valence-corrected chi connectivity index (χ2v) is 7.41. The number of benzene rings is 3. The third-order valence-electron chi connectivity index (χ3n) is 4.60. The van der Waals surface area contributed by atoms with Crippen LogP contribution < -0.4 is 10.6 Å². The van der Waals surface area contributed by atoms with Gasteiger partial charge < -0.3 is 15.1 Å². The lowest BCUT2D eigenvalue weighted by Crippen LogP contribution is -2.15. The standard InChI is InChI=1S/C23H17BrN2O3/c1-14-10-11-15(25-23(28)21-9-4-12-29-21)13-20(14)26-22(27)18-7-2-6-17-16(18)5-3-8-19(17)24/h2-13H,1H3,(H,25,28)(H,26,27). The molecular weight excluding hydrogens is 432 g/mol. The van der Waals surface area contributed by atoms with Gasteiger partial charge in [0.2, 0.25) is 0 Å². The van der Waals surface area contributed by atoms with E-state index in [0.29, 0.717) is 16.9 Å². The monoisotopic (exact) mass is 448 g/mol. The van der Waals surface area contributed by atoms with E-state index in [4.69, 9.17) is 4.42 Å². The molecule has 0 saturated carbocycles. The second kappa shape index (κ2) is 7.93. The maximum Gasteiger partial charge on any atom is 0.291 e. The number of carbonyl (C=O) groups excluding carboxylic acids is 2. The number of nitrogens with one attached hydrogen (secondary N) is 2. The van der Waals surface area contributed by atoms with E-state index < -0.39 is 0 Å². The summed E-state index contributed by atoms with van der Waals surface area (Å²) in [7, 11) is 0. The second-order valence-electron chi connectivity index (χ2n) is 6.56. The molecule has 3 aromatic carbocycles. The van der Waals surface area contributed by atoms with E-state index >= 15 is 0 Å². The van der Waals surface area contributed by atoms with Crippen molar-refractivity contribution < 1.29 is 14.0 Å². The zero-order valence-electron chi connectivity index (χ0n) is 15.5. The van der Waals surface area contributed by atoms with Gasteiger partial charge >= 0.3 is 0 Å². The third-order valence-corrected chi connectivity index (χ3v) is 5.29. The molecule has 1 aromatic heterocycles. The van der Waals surface area contributed by atoms with Crippen molar-refractivity contribution in [3.8, 4) is 0 Å². The number of furan rings is 1. The van der Waals surface area contributed by atoms with Crippen molar-refractivity contribution in [2.75, 3.05) is 10.6 Å². The molecule has 0 aliphatic carbocycles. The Morgan fingerprint density at radius 1 is 0.862 bits per heavy atom. The van der Waals surface area contributed by atoms with Crippen molar-refractivity contribution in [3.63, 3.8) is 0 Å². The molecule has 0 unspecified atom stereocenters. The summed E-state index contributed by atoms with van der Waals surface area (Å²) in [5.41, 5.74) is 2.65. The minimum Gasteiger partial charge on any atom is -0.459 e. The lowest BCUT2D eigenvalue weighted by molar-refractivity contribution is 0.0995. The summed E-state index contributed by atoms with van der Waals surface area (Å²) in [4.78, 5) is 25.2. The third kappa shape index (κ3) is 3.93. The summed E-state index contributed by atoms with van der Waals surface area (Å²) in [6.07, 6.45) is 1.44. The van der Waals surface area contributed by atoms with Gasteiger partial charge in [-0.2, -0.15) is 0 Å². The predicted molar refractivity (Wildman–Crippen MR) is 117 cm³/mol. The average molecular weight is 449 g/mol. The van der Waals surface area contributed by atoms with Crippen LogP contribution in [-0.2, 0) is 0 Å². The van der Waals surface area contributed by atoms with Crippen LogP contribution >= 0.6 is 15.9 Å². The first-order chi connectivity index (χ1) is 14.0. The number of anilines is 2. The highest BCUT2D eigenvalue weighted by atomic mass is 79.9. The Hall–Kier alpha value is -3.38. The number of hydrogen-bond donors (Lipinski definition) is 2. The maximum atomic E-state index is 13.0. The molecule has 6 heteroatoms. The highest BCUT2D eigenvalue weighted by Gasteiger charge is 2.14. The van der Waals surface area contributed by atoms with Crippen molar-refractivity contribution in [1.29, 1.82) is 0 Å². The molecule has 5 nitrogen and oxygen atoms in total. The molecule has 2 N–H and O–H groups in total. The van der Waals surface area contributed by atoms with Gasteiger partial charge in [0.25, 0.3) is 11.8 Å². The van der Waals surface area contributed by atoms with Crippen LogP contribution in [0, 0.1) is 6.92 Å². The Morgan fingerprint density at radius 2 is 1.66 bits per heavy atom. The number of fused-ring (bicyclic) bond motifs is 1. The number of halogens is 1. The first-order valence-electron chi connectivity index (χ1n) is 8.97. The number of hydrogen-bond acceptors (Lipinski definition) is 3. The number of amides is 2. The Kier molecular flexibility index (Phi) is 5.18. The van der Waals surface area contributed by atoms with Gasteiger partial charge in [-0.15, -0.1) is 0 Å². The highest BCUT2D eigenvalue weighted by Crippen LogP contribution is 2.28. The first-order valence-corrected chi connectivity index (χ1v) is 9.76. The van der Waals surface area contributed by atoms with E-state index in [9.17, 15) is 9.59 Å². The van der Waals surface area contributed by atoms with Crippen molar-refractivity contribution in [3.05, 3.63) is 94.4 Å². The summed E-state index contributed by atoms with van der Waals surface area (Å²) >= 11 is 3.53. The van der Waals surface area contributed by atoms with Crippen LogP contribution in [0.1, 0.15) is 26.5 Å². The van der Waals surface area contributed by atoms with Crippen LogP contribution in [0.15, 0.2) is 81.9 Å². The topological polar surface area (TPSA) is 71.3 Å². The molecule has 0 radical (unpaired) electrons. The SMILES string of the molecule is Cc1ccc(NC(=O)c2ccco2)cc1NC(=O)c1cccc2c(Br)cccc12. The number of rotatable bonds is 4. The Morgan fingerprint density at radius 3 is 2.45 bits per heavy atom. The summed E-state index contributed by atoms with van der Waals surface area (Å²) < 4.78 is 6.04. The number of carbonyl (C=O) groups is 2. The molecule has 0 atom stereocenters. The van der Waals surface area contributed by atoms with Gasteiger partial charge in [-0.25, -0.2) is 0 Å². The molecule has 1 heterocycles. The van der Waals surface area contributed by atoms with Crippen LogP contribution in [0.5, 0.6) is 0 Å². The first kappa shape index (κ1) is 19.0. The van der Waals surface area contributed by atoms with Gasteiger partial charge in [0, 0.05) is 21.4 Å². The normalized spacial score (nSPS) is 10.7. The molecule has 4 aromatic rings. The molecule has 0 aliphatic rings. The molecular formula is C23H17BrN2O3. The Balaban J connectivity index is 1.60. The van der Waals surface area contributed by atoms with E-state index in [2.05, 4.69) is 26.6 Å². The van der Waals surface area contributed by atoms with Gasteiger partial charge in [0.1, 0.15) is 0 Å². The molecule has 0 saturated heterocycles. The van der Waals surface area contributed by atoms with E-state index in [1.807, 2.05) is 43.3 Å². The minimum atomic E-state index is -0.352. The zero-order chi connectivity index (χ0) is 20.4. The molecule has 0 aliphatic heterocycles. The van der Waals surface area contributed by atoms with E-state index in [0.717, 1.165) is 20.8 Å². The maximum absolute atomic E-state index is 13.0. The lowest BCUT2D eigenvalue weighted by Gasteiger charge is -2.13. The molecule has 2 amide bonds. The van der Waals surface area contributed by atoms with Gasteiger partial charge in [0.15, 0.2) is 5.76 Å². The fourth-order valence-electron chi connectivity index (χ4n) is 3.09. The lowest BCUT2D eigenvalue weighted by atomic mass is 10.0. The quantitative estimate of drug-likeness (QED) is 0.401. The van der Waals surface area contributed by atoms with Gasteiger partial charge in [-0.1, -0.05) is 46.3 Å².